The lowest BCUT2D eigenvalue weighted by atomic mass is 10.2. The minimum atomic E-state index is 0.205. The monoisotopic (exact) mass is 189 g/mol. The van der Waals surface area contributed by atoms with Crippen LogP contribution < -0.4 is 5.32 Å². The number of ether oxygens (including phenoxy) is 2. The second-order valence-corrected chi connectivity index (χ2v) is 3.18. The Morgan fingerprint density at radius 1 is 1.31 bits per heavy atom. The van der Waals surface area contributed by atoms with Crippen LogP contribution in [0.3, 0.4) is 0 Å². The summed E-state index contributed by atoms with van der Waals surface area (Å²) in [7, 11) is 1.73. The van der Waals surface area contributed by atoms with Crippen LogP contribution >= 0.6 is 0 Å². The van der Waals surface area contributed by atoms with Gasteiger partial charge in [0, 0.05) is 13.7 Å². The highest BCUT2D eigenvalue weighted by Gasteiger charge is 2.15. The van der Waals surface area contributed by atoms with E-state index in [0.29, 0.717) is 6.04 Å². The first-order chi connectivity index (χ1) is 6.26. The van der Waals surface area contributed by atoms with Crippen molar-refractivity contribution in [2.45, 2.75) is 39.3 Å². The fraction of sp³-hybridized carbons (Fsp3) is 1.00. The summed E-state index contributed by atoms with van der Waals surface area (Å²) in [5.41, 5.74) is 0. The second kappa shape index (κ2) is 8.48. The maximum atomic E-state index is 5.48. The smallest absolute Gasteiger partial charge is 0.0718 e. The number of nitrogens with one attached hydrogen (secondary N) is 1. The number of rotatable bonds is 8. The molecule has 0 radical (unpaired) electrons. The van der Waals surface area contributed by atoms with Crippen LogP contribution in [0.4, 0.5) is 0 Å². The van der Waals surface area contributed by atoms with E-state index in [-0.39, 0.29) is 6.10 Å². The Hall–Kier alpha value is -0.120. The Bertz CT molecular complexity index is 109. The van der Waals surface area contributed by atoms with Crippen LogP contribution in [0.1, 0.15) is 27.2 Å². The summed E-state index contributed by atoms with van der Waals surface area (Å²) in [4.78, 5) is 0. The fourth-order valence-corrected chi connectivity index (χ4v) is 1.14. The number of methoxy groups -OCH3 is 1. The molecule has 0 aromatic heterocycles. The summed E-state index contributed by atoms with van der Waals surface area (Å²) in [5, 5.41) is 3.34. The molecule has 0 aliphatic carbocycles. The third-order valence-corrected chi connectivity index (χ3v) is 2.05. The van der Waals surface area contributed by atoms with Gasteiger partial charge in [-0.2, -0.15) is 0 Å². The van der Waals surface area contributed by atoms with Gasteiger partial charge in [-0.15, -0.1) is 0 Å². The largest absolute Gasteiger partial charge is 0.380 e. The fourth-order valence-electron chi connectivity index (χ4n) is 1.14. The van der Waals surface area contributed by atoms with E-state index in [0.717, 1.165) is 26.2 Å². The molecule has 0 aliphatic rings. The van der Waals surface area contributed by atoms with Gasteiger partial charge in [-0.25, -0.2) is 0 Å². The lowest BCUT2D eigenvalue weighted by Gasteiger charge is -2.23. The summed E-state index contributed by atoms with van der Waals surface area (Å²) < 4.78 is 10.7. The summed E-state index contributed by atoms with van der Waals surface area (Å²) in [6.07, 6.45) is 1.28. The van der Waals surface area contributed by atoms with E-state index in [1.807, 2.05) is 0 Å². The van der Waals surface area contributed by atoms with Gasteiger partial charge in [0.05, 0.1) is 18.8 Å². The van der Waals surface area contributed by atoms with E-state index < -0.39 is 0 Å². The van der Waals surface area contributed by atoms with E-state index in [1.54, 1.807) is 7.11 Å². The molecule has 0 saturated heterocycles. The van der Waals surface area contributed by atoms with Gasteiger partial charge in [-0.1, -0.05) is 13.8 Å². The highest BCUT2D eigenvalue weighted by Crippen LogP contribution is 1.98. The van der Waals surface area contributed by atoms with Crippen LogP contribution in [-0.2, 0) is 9.47 Å². The highest BCUT2D eigenvalue weighted by molar-refractivity contribution is 4.72. The predicted molar refractivity (Wildman–Crippen MR) is 55.0 cm³/mol. The third-order valence-electron chi connectivity index (χ3n) is 2.05. The first kappa shape index (κ1) is 12.9. The molecule has 2 unspecified atom stereocenters. The maximum Gasteiger partial charge on any atom is 0.0718 e. The van der Waals surface area contributed by atoms with E-state index in [1.165, 1.54) is 0 Å². The number of hydrogen-bond acceptors (Lipinski definition) is 3. The van der Waals surface area contributed by atoms with Crippen molar-refractivity contribution < 1.29 is 9.47 Å². The van der Waals surface area contributed by atoms with Crippen molar-refractivity contribution in [3.8, 4) is 0 Å². The van der Waals surface area contributed by atoms with Gasteiger partial charge in [0.25, 0.3) is 0 Å². The molecule has 3 nitrogen and oxygen atoms in total. The minimum absolute atomic E-state index is 0.205. The molecule has 0 aromatic rings. The van der Waals surface area contributed by atoms with Crippen LogP contribution in [0.2, 0.25) is 0 Å². The lowest BCUT2D eigenvalue weighted by Crippen LogP contribution is -2.42. The Balaban J connectivity index is 3.65. The van der Waals surface area contributed by atoms with Crippen molar-refractivity contribution in [2.75, 3.05) is 26.9 Å². The molecule has 3 heteroatoms. The molecule has 0 rings (SSSR count). The number of likely N-dealkylation sites (N-methyl/N-ethyl adjacent to an activating group) is 1. The van der Waals surface area contributed by atoms with Gasteiger partial charge in [-0.3, -0.25) is 0 Å². The average molecular weight is 189 g/mol. The average Bonchev–Trinajstić information content (AvgIpc) is 2.16. The second-order valence-electron chi connectivity index (χ2n) is 3.18. The summed E-state index contributed by atoms with van der Waals surface area (Å²) in [6.45, 7) is 8.78. The molecule has 0 fully saturated rings. The van der Waals surface area contributed by atoms with Crippen molar-refractivity contribution in [2.24, 2.45) is 0 Å². The van der Waals surface area contributed by atoms with Crippen molar-refractivity contribution in [1.29, 1.82) is 0 Å². The third kappa shape index (κ3) is 6.02. The van der Waals surface area contributed by atoms with Gasteiger partial charge in [0.1, 0.15) is 0 Å². The Morgan fingerprint density at radius 2 is 2.00 bits per heavy atom. The van der Waals surface area contributed by atoms with E-state index >= 15 is 0 Å². The molecule has 0 bridgehead atoms. The van der Waals surface area contributed by atoms with Gasteiger partial charge in [-0.05, 0) is 19.9 Å². The van der Waals surface area contributed by atoms with Crippen molar-refractivity contribution in [3.05, 3.63) is 0 Å². The predicted octanol–water partition coefficient (Wildman–Crippen LogP) is 1.43. The SMILES string of the molecule is CCCOCC(NCC)C(C)OC. The quantitative estimate of drug-likeness (QED) is 0.586. The van der Waals surface area contributed by atoms with Gasteiger partial charge >= 0.3 is 0 Å². The van der Waals surface area contributed by atoms with E-state index in [4.69, 9.17) is 9.47 Å². The Morgan fingerprint density at radius 3 is 2.46 bits per heavy atom. The molecule has 0 heterocycles. The van der Waals surface area contributed by atoms with Crippen molar-refractivity contribution in [3.63, 3.8) is 0 Å². The van der Waals surface area contributed by atoms with Gasteiger partial charge in [0.15, 0.2) is 0 Å². The van der Waals surface area contributed by atoms with Gasteiger partial charge in [0.2, 0.25) is 0 Å². The molecule has 1 N–H and O–H groups in total. The molecule has 13 heavy (non-hydrogen) atoms. The lowest BCUT2D eigenvalue weighted by molar-refractivity contribution is 0.0313. The summed E-state index contributed by atoms with van der Waals surface area (Å²) in [5.74, 6) is 0. The topological polar surface area (TPSA) is 30.5 Å². The molecular formula is C10H23NO2. The van der Waals surface area contributed by atoms with E-state index in [2.05, 4.69) is 26.1 Å². The van der Waals surface area contributed by atoms with Crippen LogP contribution in [0.15, 0.2) is 0 Å². The number of hydrogen-bond donors (Lipinski definition) is 1. The molecule has 80 valence electrons. The molecule has 0 saturated carbocycles. The zero-order chi connectivity index (χ0) is 10.1. The minimum Gasteiger partial charge on any atom is -0.380 e. The molecule has 2 atom stereocenters. The molecule has 0 aliphatic heterocycles. The normalized spacial score (nSPS) is 15.7. The first-order valence-electron chi connectivity index (χ1n) is 5.10. The van der Waals surface area contributed by atoms with Crippen molar-refractivity contribution in [1.82, 2.24) is 5.32 Å². The zero-order valence-electron chi connectivity index (χ0n) is 9.30. The van der Waals surface area contributed by atoms with Crippen LogP contribution in [0.25, 0.3) is 0 Å². The highest BCUT2D eigenvalue weighted by atomic mass is 16.5. The van der Waals surface area contributed by atoms with Crippen LogP contribution in [-0.4, -0.2) is 39.0 Å². The zero-order valence-corrected chi connectivity index (χ0v) is 9.30. The molecule has 0 spiro atoms. The first-order valence-corrected chi connectivity index (χ1v) is 5.10. The molecule has 0 aromatic carbocycles. The van der Waals surface area contributed by atoms with E-state index in [9.17, 15) is 0 Å². The maximum absolute atomic E-state index is 5.48. The Kier molecular flexibility index (Phi) is 8.40. The van der Waals surface area contributed by atoms with Crippen molar-refractivity contribution >= 4 is 0 Å². The summed E-state index contributed by atoms with van der Waals surface area (Å²) >= 11 is 0. The van der Waals surface area contributed by atoms with Crippen LogP contribution in [0, 0.1) is 0 Å². The van der Waals surface area contributed by atoms with Crippen LogP contribution in [0.5, 0.6) is 0 Å². The molecular weight excluding hydrogens is 166 g/mol. The molecule has 0 amide bonds. The Labute approximate surface area is 81.8 Å². The summed E-state index contributed by atoms with van der Waals surface area (Å²) in [6, 6.07) is 0.307. The van der Waals surface area contributed by atoms with Gasteiger partial charge < -0.3 is 14.8 Å². The standard InChI is InChI=1S/C10H23NO2/c1-5-7-13-8-10(11-6-2)9(3)12-4/h9-11H,5-8H2,1-4H3.